The molecule has 0 radical (unpaired) electrons. The number of urea groups is 1. The molecule has 5 nitrogen and oxygen atoms in total. The molecule has 2 rings (SSSR count). The van der Waals surface area contributed by atoms with Crippen LogP contribution in [0.5, 0.6) is 0 Å². The number of nitrogens with one attached hydrogen (secondary N) is 2. The van der Waals surface area contributed by atoms with Gasteiger partial charge in [0.05, 0.1) is 0 Å². The summed E-state index contributed by atoms with van der Waals surface area (Å²) in [5.41, 5.74) is 2.15. The van der Waals surface area contributed by atoms with Gasteiger partial charge in [-0.3, -0.25) is 4.79 Å². The summed E-state index contributed by atoms with van der Waals surface area (Å²) in [4.78, 5) is 26.7. The fourth-order valence-corrected chi connectivity index (χ4v) is 2.74. The number of nitrogens with zero attached hydrogens (tertiary/aromatic N) is 1. The Morgan fingerprint density at radius 3 is 2.52 bits per heavy atom. The smallest absolute Gasteiger partial charge is 0.315 e. The summed E-state index contributed by atoms with van der Waals surface area (Å²) >= 11 is 0. The molecule has 0 aromatic heterocycles. The molecule has 1 unspecified atom stereocenters. The standard InChI is InChI=1S/C18H27N3O2/c1-12(2)11-19-18(23)20-16(13(3)4)17(22)21-10-9-14-7-5-6-8-15(14)21/h5-8,12-13,16H,9-11H2,1-4H3,(H2,19,20,23). The van der Waals surface area contributed by atoms with E-state index in [1.165, 1.54) is 5.56 Å². The average Bonchev–Trinajstić information content (AvgIpc) is 2.93. The van der Waals surface area contributed by atoms with Gasteiger partial charge < -0.3 is 15.5 Å². The van der Waals surface area contributed by atoms with Crippen LogP contribution in [0.3, 0.4) is 0 Å². The quantitative estimate of drug-likeness (QED) is 0.877. The molecule has 1 heterocycles. The minimum absolute atomic E-state index is 0.0278. The van der Waals surface area contributed by atoms with E-state index in [2.05, 4.69) is 16.7 Å². The van der Waals surface area contributed by atoms with Gasteiger partial charge in [-0.25, -0.2) is 4.79 Å². The maximum absolute atomic E-state index is 12.9. The largest absolute Gasteiger partial charge is 0.338 e. The maximum atomic E-state index is 12.9. The summed E-state index contributed by atoms with van der Waals surface area (Å²) < 4.78 is 0. The number of hydrogen-bond acceptors (Lipinski definition) is 2. The zero-order valence-corrected chi connectivity index (χ0v) is 14.4. The number of carbonyl (C=O) groups excluding carboxylic acids is 2. The lowest BCUT2D eigenvalue weighted by Crippen LogP contribution is -2.53. The maximum Gasteiger partial charge on any atom is 0.315 e. The van der Waals surface area contributed by atoms with Gasteiger partial charge in [-0.15, -0.1) is 0 Å². The van der Waals surface area contributed by atoms with Crippen LogP contribution in [0.2, 0.25) is 0 Å². The highest BCUT2D eigenvalue weighted by Crippen LogP contribution is 2.28. The van der Waals surface area contributed by atoms with Crippen LogP contribution in [0.25, 0.3) is 0 Å². The van der Waals surface area contributed by atoms with Crippen LogP contribution in [-0.4, -0.2) is 31.1 Å². The van der Waals surface area contributed by atoms with E-state index in [0.717, 1.165) is 12.1 Å². The van der Waals surface area contributed by atoms with Gasteiger partial charge >= 0.3 is 6.03 Å². The second kappa shape index (κ2) is 7.49. The first-order valence-corrected chi connectivity index (χ1v) is 8.33. The van der Waals surface area contributed by atoms with E-state index >= 15 is 0 Å². The highest BCUT2D eigenvalue weighted by molar-refractivity contribution is 6.00. The Hall–Kier alpha value is -2.04. The van der Waals surface area contributed by atoms with E-state index in [0.29, 0.717) is 19.0 Å². The van der Waals surface area contributed by atoms with E-state index in [-0.39, 0.29) is 17.9 Å². The minimum atomic E-state index is -0.520. The van der Waals surface area contributed by atoms with Crippen molar-refractivity contribution in [1.82, 2.24) is 10.6 Å². The van der Waals surface area contributed by atoms with Gasteiger partial charge in [0.15, 0.2) is 0 Å². The van der Waals surface area contributed by atoms with E-state index in [9.17, 15) is 9.59 Å². The van der Waals surface area contributed by atoms with Crippen molar-refractivity contribution in [2.75, 3.05) is 18.0 Å². The zero-order chi connectivity index (χ0) is 17.0. The topological polar surface area (TPSA) is 61.4 Å². The van der Waals surface area contributed by atoms with Crippen molar-refractivity contribution in [1.29, 1.82) is 0 Å². The molecule has 126 valence electrons. The summed E-state index contributed by atoms with van der Waals surface area (Å²) in [7, 11) is 0. The molecule has 3 amide bonds. The third kappa shape index (κ3) is 4.24. The second-order valence-corrected chi connectivity index (χ2v) is 6.84. The Kier molecular flexibility index (Phi) is 5.64. The van der Waals surface area contributed by atoms with Gasteiger partial charge in [-0.2, -0.15) is 0 Å². The molecule has 2 N–H and O–H groups in total. The van der Waals surface area contributed by atoms with Crippen molar-refractivity contribution in [2.45, 2.75) is 40.2 Å². The highest BCUT2D eigenvalue weighted by Gasteiger charge is 2.32. The molecule has 23 heavy (non-hydrogen) atoms. The van der Waals surface area contributed by atoms with E-state index < -0.39 is 6.04 Å². The third-order valence-electron chi connectivity index (χ3n) is 4.04. The molecule has 0 fully saturated rings. The molecule has 0 spiro atoms. The van der Waals surface area contributed by atoms with Crippen molar-refractivity contribution in [2.24, 2.45) is 11.8 Å². The summed E-state index contributed by atoms with van der Waals surface area (Å²) in [6.07, 6.45) is 0.867. The molecule has 0 saturated heterocycles. The van der Waals surface area contributed by atoms with Crippen molar-refractivity contribution < 1.29 is 9.59 Å². The Labute approximate surface area is 138 Å². The van der Waals surface area contributed by atoms with Crippen LogP contribution in [0, 0.1) is 11.8 Å². The number of fused-ring (bicyclic) bond motifs is 1. The van der Waals surface area contributed by atoms with Crippen LogP contribution >= 0.6 is 0 Å². The second-order valence-electron chi connectivity index (χ2n) is 6.84. The molecule has 1 aliphatic rings. The van der Waals surface area contributed by atoms with Gasteiger partial charge in [0.25, 0.3) is 0 Å². The molecular formula is C18H27N3O2. The third-order valence-corrected chi connectivity index (χ3v) is 4.04. The van der Waals surface area contributed by atoms with E-state index in [1.807, 2.05) is 45.9 Å². The summed E-state index contributed by atoms with van der Waals surface area (Å²) in [6.45, 7) is 9.24. The number of amides is 3. The van der Waals surface area contributed by atoms with Gasteiger partial charge in [-0.1, -0.05) is 45.9 Å². The Balaban J connectivity index is 2.06. The number of para-hydroxylation sites is 1. The molecule has 0 bridgehead atoms. The van der Waals surface area contributed by atoms with Crippen LogP contribution < -0.4 is 15.5 Å². The van der Waals surface area contributed by atoms with Gasteiger partial charge in [0, 0.05) is 18.8 Å². The van der Waals surface area contributed by atoms with Crippen molar-refractivity contribution in [3.05, 3.63) is 29.8 Å². The lowest BCUT2D eigenvalue weighted by molar-refractivity contribution is -0.121. The number of anilines is 1. The number of carbonyl (C=O) groups is 2. The van der Waals surface area contributed by atoms with Gasteiger partial charge in [0.1, 0.15) is 6.04 Å². The lowest BCUT2D eigenvalue weighted by atomic mass is 10.0. The number of rotatable bonds is 5. The zero-order valence-electron chi connectivity index (χ0n) is 14.4. The fraction of sp³-hybridized carbons (Fsp3) is 0.556. The lowest BCUT2D eigenvalue weighted by Gasteiger charge is -2.27. The number of hydrogen-bond donors (Lipinski definition) is 2. The molecule has 1 atom stereocenters. The predicted octanol–water partition coefficient (Wildman–Crippen LogP) is 2.56. The van der Waals surface area contributed by atoms with Crippen molar-refractivity contribution in [3.8, 4) is 0 Å². The van der Waals surface area contributed by atoms with Crippen LogP contribution in [0.1, 0.15) is 33.3 Å². The summed E-state index contributed by atoms with van der Waals surface area (Å²) in [5.74, 6) is 0.365. The number of benzene rings is 1. The van der Waals surface area contributed by atoms with Crippen LogP contribution in [0.15, 0.2) is 24.3 Å². The Morgan fingerprint density at radius 1 is 1.17 bits per heavy atom. The van der Waals surface area contributed by atoms with Gasteiger partial charge in [0.2, 0.25) is 5.91 Å². The molecule has 1 aromatic carbocycles. The molecule has 1 aliphatic heterocycles. The van der Waals surface area contributed by atoms with Crippen LogP contribution in [-0.2, 0) is 11.2 Å². The fourth-order valence-electron chi connectivity index (χ4n) is 2.74. The molecule has 5 heteroatoms. The monoisotopic (exact) mass is 317 g/mol. The van der Waals surface area contributed by atoms with Gasteiger partial charge in [-0.05, 0) is 29.9 Å². The first-order chi connectivity index (χ1) is 10.9. The normalized spacial score (nSPS) is 14.8. The molecular weight excluding hydrogens is 290 g/mol. The predicted molar refractivity (Wildman–Crippen MR) is 92.5 cm³/mol. The first kappa shape index (κ1) is 17.3. The van der Waals surface area contributed by atoms with Crippen LogP contribution in [0.4, 0.5) is 10.5 Å². The summed E-state index contributed by atoms with van der Waals surface area (Å²) in [6, 6.07) is 7.15. The minimum Gasteiger partial charge on any atom is -0.338 e. The summed E-state index contributed by atoms with van der Waals surface area (Å²) in [5, 5.41) is 5.65. The molecule has 0 saturated carbocycles. The Morgan fingerprint density at radius 2 is 1.87 bits per heavy atom. The highest BCUT2D eigenvalue weighted by atomic mass is 16.2. The average molecular weight is 317 g/mol. The SMILES string of the molecule is CC(C)CNC(=O)NC(C(=O)N1CCc2ccccc21)C(C)C. The first-order valence-electron chi connectivity index (χ1n) is 8.33. The molecule has 1 aromatic rings. The van der Waals surface area contributed by atoms with Crippen molar-refractivity contribution >= 4 is 17.6 Å². The van der Waals surface area contributed by atoms with E-state index in [1.54, 1.807) is 4.90 Å². The molecule has 0 aliphatic carbocycles. The Bertz CT molecular complexity index is 569. The van der Waals surface area contributed by atoms with E-state index in [4.69, 9.17) is 0 Å². The van der Waals surface area contributed by atoms with Crippen molar-refractivity contribution in [3.63, 3.8) is 0 Å².